The first kappa shape index (κ1) is 16.8. The Morgan fingerprint density at radius 2 is 1.95 bits per heavy atom. The van der Waals surface area contributed by atoms with Crippen molar-refractivity contribution in [3.8, 4) is 0 Å². The van der Waals surface area contributed by atoms with Gasteiger partial charge in [-0.25, -0.2) is 13.2 Å². The van der Waals surface area contributed by atoms with Crippen LogP contribution in [0.1, 0.15) is 26.3 Å². The van der Waals surface area contributed by atoms with E-state index in [2.05, 4.69) is 5.32 Å². The molecule has 0 radical (unpaired) electrons. The van der Waals surface area contributed by atoms with Crippen LogP contribution in [0.15, 0.2) is 18.2 Å². The van der Waals surface area contributed by atoms with Gasteiger partial charge < -0.3 is 4.74 Å². The zero-order valence-corrected chi connectivity index (χ0v) is 13.4. The number of rotatable bonds is 3. The molecule has 0 spiro atoms. The second-order valence-electron chi connectivity index (χ2n) is 5.50. The highest BCUT2D eigenvalue weighted by Gasteiger charge is 2.17. The molecule has 1 N–H and O–H groups in total. The minimum atomic E-state index is -3.20. The van der Waals surface area contributed by atoms with Gasteiger partial charge in [-0.2, -0.15) is 0 Å². The van der Waals surface area contributed by atoms with Crippen LogP contribution in [0.5, 0.6) is 0 Å². The molecule has 0 aliphatic carbocycles. The monoisotopic (exact) mass is 319 g/mol. The highest BCUT2D eigenvalue weighted by atomic mass is 35.5. The molecular weight excluding hydrogens is 302 g/mol. The summed E-state index contributed by atoms with van der Waals surface area (Å²) in [7, 11) is -3.20. The van der Waals surface area contributed by atoms with E-state index in [1.165, 1.54) is 12.1 Å². The van der Waals surface area contributed by atoms with Crippen molar-refractivity contribution < 1.29 is 17.9 Å². The Labute approximate surface area is 124 Å². The van der Waals surface area contributed by atoms with E-state index in [-0.39, 0.29) is 5.75 Å². The Balaban J connectivity index is 2.88. The standard InChI is InChI=1S/C13H18ClNO4S/c1-13(2,3)19-12(16)15-10-5-6-11(14)9(7-10)8-20(4,17)18/h5-7H,8H2,1-4H3,(H,15,16). The van der Waals surface area contributed by atoms with E-state index in [1.54, 1.807) is 26.8 Å². The van der Waals surface area contributed by atoms with Crippen LogP contribution in [-0.4, -0.2) is 26.4 Å². The number of sulfone groups is 1. The summed E-state index contributed by atoms with van der Waals surface area (Å²) in [5, 5.41) is 2.88. The van der Waals surface area contributed by atoms with Gasteiger partial charge in [-0.1, -0.05) is 11.6 Å². The van der Waals surface area contributed by atoms with Crippen molar-refractivity contribution in [2.45, 2.75) is 32.1 Å². The number of carbonyl (C=O) groups excluding carboxylic acids is 1. The summed E-state index contributed by atoms with van der Waals surface area (Å²) in [5.74, 6) is -0.185. The molecule has 20 heavy (non-hydrogen) atoms. The Morgan fingerprint density at radius 3 is 2.45 bits per heavy atom. The van der Waals surface area contributed by atoms with Gasteiger partial charge in [-0.15, -0.1) is 0 Å². The predicted octanol–water partition coefficient (Wildman–Crippen LogP) is 3.23. The summed E-state index contributed by atoms with van der Waals surface area (Å²) in [6.07, 6.45) is 0.516. The highest BCUT2D eigenvalue weighted by Crippen LogP contribution is 2.23. The number of halogens is 1. The maximum Gasteiger partial charge on any atom is 0.412 e. The lowest BCUT2D eigenvalue weighted by atomic mass is 10.2. The van der Waals surface area contributed by atoms with Crippen LogP contribution in [0.3, 0.4) is 0 Å². The number of nitrogens with one attached hydrogen (secondary N) is 1. The van der Waals surface area contributed by atoms with Crippen LogP contribution in [0.2, 0.25) is 5.02 Å². The molecular formula is C13H18ClNO4S. The van der Waals surface area contributed by atoms with Gasteiger partial charge in [-0.3, -0.25) is 5.32 Å². The van der Waals surface area contributed by atoms with E-state index in [1.807, 2.05) is 0 Å². The zero-order chi connectivity index (χ0) is 15.6. The average molecular weight is 320 g/mol. The molecule has 0 atom stereocenters. The molecule has 0 fully saturated rings. The number of ether oxygens (including phenoxy) is 1. The van der Waals surface area contributed by atoms with Crippen LogP contribution in [0.25, 0.3) is 0 Å². The summed E-state index contributed by atoms with van der Waals surface area (Å²) in [5.41, 5.74) is 0.261. The van der Waals surface area contributed by atoms with Gasteiger partial charge >= 0.3 is 6.09 Å². The van der Waals surface area contributed by atoms with Gasteiger partial charge in [-0.05, 0) is 44.5 Å². The summed E-state index contributed by atoms with van der Waals surface area (Å²) in [4.78, 5) is 11.6. The van der Waals surface area contributed by atoms with Crippen molar-refractivity contribution >= 4 is 33.2 Å². The van der Waals surface area contributed by atoms with Crippen LogP contribution >= 0.6 is 11.6 Å². The molecule has 0 unspecified atom stereocenters. The third kappa shape index (κ3) is 6.25. The van der Waals surface area contributed by atoms with Crippen LogP contribution < -0.4 is 5.32 Å². The molecule has 1 aromatic rings. The van der Waals surface area contributed by atoms with Crippen molar-refractivity contribution in [2.24, 2.45) is 0 Å². The molecule has 112 valence electrons. The van der Waals surface area contributed by atoms with Crippen LogP contribution in [-0.2, 0) is 20.3 Å². The first-order chi connectivity index (χ1) is 8.96. The highest BCUT2D eigenvalue weighted by molar-refractivity contribution is 7.89. The topological polar surface area (TPSA) is 72.5 Å². The summed E-state index contributed by atoms with van der Waals surface area (Å²) >= 11 is 5.94. The number of amides is 1. The lowest BCUT2D eigenvalue weighted by Gasteiger charge is -2.19. The first-order valence-corrected chi connectivity index (χ1v) is 8.36. The molecule has 1 rings (SSSR count). The van der Waals surface area contributed by atoms with Crippen LogP contribution in [0.4, 0.5) is 10.5 Å². The molecule has 0 aliphatic heterocycles. The summed E-state index contributed by atoms with van der Waals surface area (Å²) in [6.45, 7) is 5.26. The number of anilines is 1. The van der Waals surface area contributed by atoms with Crippen molar-refractivity contribution in [1.82, 2.24) is 0 Å². The fourth-order valence-electron chi connectivity index (χ4n) is 1.47. The summed E-state index contributed by atoms with van der Waals surface area (Å²) in [6, 6.07) is 4.64. The molecule has 0 aromatic heterocycles. The Morgan fingerprint density at radius 1 is 1.35 bits per heavy atom. The predicted molar refractivity (Wildman–Crippen MR) is 79.9 cm³/mol. The van der Waals surface area contributed by atoms with Crippen molar-refractivity contribution in [3.05, 3.63) is 28.8 Å². The largest absolute Gasteiger partial charge is 0.444 e. The third-order valence-electron chi connectivity index (χ3n) is 2.11. The number of hydrogen-bond donors (Lipinski definition) is 1. The number of hydrogen-bond acceptors (Lipinski definition) is 4. The normalized spacial score (nSPS) is 12.1. The molecule has 1 amide bonds. The maximum absolute atomic E-state index is 11.6. The molecule has 0 saturated carbocycles. The van der Waals surface area contributed by atoms with E-state index < -0.39 is 21.5 Å². The molecule has 1 aromatic carbocycles. The lowest BCUT2D eigenvalue weighted by molar-refractivity contribution is 0.0636. The number of benzene rings is 1. The van der Waals surface area contributed by atoms with Crippen LogP contribution in [0, 0.1) is 0 Å². The van der Waals surface area contributed by atoms with E-state index >= 15 is 0 Å². The third-order valence-corrected chi connectivity index (χ3v) is 3.31. The minimum absolute atomic E-state index is 0.185. The van der Waals surface area contributed by atoms with E-state index in [0.29, 0.717) is 16.3 Å². The fraction of sp³-hybridized carbons (Fsp3) is 0.462. The first-order valence-electron chi connectivity index (χ1n) is 5.92. The van der Waals surface area contributed by atoms with E-state index in [9.17, 15) is 13.2 Å². The summed E-state index contributed by atoms with van der Waals surface area (Å²) < 4.78 is 27.7. The molecule has 5 nitrogen and oxygen atoms in total. The Bertz CT molecular complexity index is 605. The minimum Gasteiger partial charge on any atom is -0.444 e. The van der Waals surface area contributed by atoms with Gasteiger partial charge in [0.2, 0.25) is 0 Å². The molecule has 0 saturated heterocycles. The Kier molecular flexibility index (Phi) is 5.05. The fourth-order valence-corrected chi connectivity index (χ4v) is 2.53. The van der Waals surface area contributed by atoms with Crippen molar-refractivity contribution in [2.75, 3.05) is 11.6 Å². The van der Waals surface area contributed by atoms with Crippen molar-refractivity contribution in [1.29, 1.82) is 0 Å². The Hall–Kier alpha value is -1.27. The maximum atomic E-state index is 11.6. The van der Waals surface area contributed by atoms with E-state index in [0.717, 1.165) is 6.26 Å². The lowest BCUT2D eigenvalue weighted by Crippen LogP contribution is -2.27. The SMILES string of the molecule is CC(C)(C)OC(=O)Nc1ccc(Cl)c(CS(C)(=O)=O)c1. The number of carbonyl (C=O) groups is 1. The smallest absolute Gasteiger partial charge is 0.412 e. The van der Waals surface area contributed by atoms with Crippen molar-refractivity contribution in [3.63, 3.8) is 0 Å². The molecule has 0 bridgehead atoms. The second kappa shape index (κ2) is 6.01. The van der Waals surface area contributed by atoms with Gasteiger partial charge in [0.05, 0.1) is 5.75 Å². The zero-order valence-electron chi connectivity index (χ0n) is 11.9. The molecule has 0 aliphatic rings. The van der Waals surface area contributed by atoms with Gasteiger partial charge in [0.1, 0.15) is 5.60 Å². The molecule has 0 heterocycles. The average Bonchev–Trinajstić information content (AvgIpc) is 2.18. The van der Waals surface area contributed by atoms with E-state index in [4.69, 9.17) is 16.3 Å². The second-order valence-corrected chi connectivity index (χ2v) is 8.05. The van der Waals surface area contributed by atoms with Gasteiger partial charge in [0, 0.05) is 17.0 Å². The quantitative estimate of drug-likeness (QED) is 0.928. The molecule has 7 heteroatoms. The van der Waals surface area contributed by atoms with Gasteiger partial charge in [0.15, 0.2) is 9.84 Å². The van der Waals surface area contributed by atoms with Gasteiger partial charge in [0.25, 0.3) is 0 Å².